The third-order valence-corrected chi connectivity index (χ3v) is 7.14. The molecule has 0 aliphatic rings. The molecule has 0 radical (unpaired) electrons. The van der Waals surface area contributed by atoms with E-state index in [1.807, 2.05) is 48.5 Å². The lowest BCUT2D eigenvalue weighted by atomic mass is 10.3. The highest BCUT2D eigenvalue weighted by Gasteiger charge is 2.21. The van der Waals surface area contributed by atoms with Gasteiger partial charge in [0.15, 0.2) is 8.68 Å². The number of thiazole rings is 2. The molecule has 0 atom stereocenters. The standard InChI is InChI=1S/C16H8N2O2S4/c19-13(23-15-17-9-5-1-3-7-11(9)21-15)14(20)24-16-18-10-6-2-4-8-12(10)22-16/h1-8H. The molecule has 4 nitrogen and oxygen atoms in total. The van der Waals surface area contributed by atoms with Crippen molar-refractivity contribution < 1.29 is 9.59 Å². The summed E-state index contributed by atoms with van der Waals surface area (Å²) in [6.45, 7) is 0. The first kappa shape index (κ1) is 15.8. The monoisotopic (exact) mass is 388 g/mol. The zero-order valence-corrected chi connectivity index (χ0v) is 15.2. The number of carbonyl (C=O) groups excluding carboxylic acids is 2. The molecule has 4 rings (SSSR count). The van der Waals surface area contributed by atoms with E-state index in [9.17, 15) is 9.59 Å². The fraction of sp³-hybridized carbons (Fsp3) is 0. The molecule has 0 fully saturated rings. The molecule has 0 aliphatic heterocycles. The van der Waals surface area contributed by atoms with Crippen LogP contribution in [0.1, 0.15) is 0 Å². The van der Waals surface area contributed by atoms with Crippen molar-refractivity contribution in [3.05, 3.63) is 48.5 Å². The molecule has 2 heterocycles. The van der Waals surface area contributed by atoms with Crippen LogP contribution in [0, 0.1) is 0 Å². The summed E-state index contributed by atoms with van der Waals surface area (Å²) in [7, 11) is 0. The first-order chi connectivity index (χ1) is 11.7. The van der Waals surface area contributed by atoms with Crippen molar-refractivity contribution in [2.45, 2.75) is 8.68 Å². The predicted octanol–water partition coefficient (Wildman–Crippen LogP) is 4.84. The number of carbonyl (C=O) groups is 2. The summed E-state index contributed by atoms with van der Waals surface area (Å²) in [5.74, 6) is 0. The van der Waals surface area contributed by atoms with Crippen LogP contribution in [0.15, 0.2) is 57.2 Å². The third kappa shape index (κ3) is 3.23. The van der Waals surface area contributed by atoms with Crippen molar-refractivity contribution in [3.8, 4) is 0 Å². The van der Waals surface area contributed by atoms with E-state index in [1.165, 1.54) is 22.7 Å². The lowest BCUT2D eigenvalue weighted by Crippen LogP contribution is -2.04. The van der Waals surface area contributed by atoms with Gasteiger partial charge in [0.05, 0.1) is 20.4 Å². The molecular weight excluding hydrogens is 380 g/mol. The van der Waals surface area contributed by atoms with Gasteiger partial charge in [-0.25, -0.2) is 9.97 Å². The van der Waals surface area contributed by atoms with E-state index in [1.54, 1.807) is 0 Å². The number of hydrogen-bond acceptors (Lipinski definition) is 8. The van der Waals surface area contributed by atoms with Crippen LogP contribution >= 0.6 is 46.2 Å². The summed E-state index contributed by atoms with van der Waals surface area (Å²) in [6.07, 6.45) is 0. The van der Waals surface area contributed by atoms with Gasteiger partial charge < -0.3 is 0 Å². The minimum atomic E-state index is -0.529. The topological polar surface area (TPSA) is 59.9 Å². The number of nitrogens with zero attached hydrogens (tertiary/aromatic N) is 2. The number of fused-ring (bicyclic) bond motifs is 2. The van der Waals surface area contributed by atoms with Crippen LogP contribution in [-0.2, 0) is 9.59 Å². The van der Waals surface area contributed by atoms with Crippen molar-refractivity contribution in [2.24, 2.45) is 0 Å². The van der Waals surface area contributed by atoms with Crippen LogP contribution in [0.4, 0.5) is 0 Å². The average molecular weight is 389 g/mol. The molecule has 8 heteroatoms. The third-order valence-electron chi connectivity index (χ3n) is 3.08. The van der Waals surface area contributed by atoms with Crippen molar-refractivity contribution in [2.75, 3.05) is 0 Å². The minimum absolute atomic E-state index is 0.529. The molecule has 0 aliphatic carbocycles. The SMILES string of the molecule is O=C(Sc1nc2ccccc2s1)C(=O)Sc1nc2ccccc2s1. The molecule has 0 amide bonds. The van der Waals surface area contributed by atoms with Gasteiger partial charge in [-0.05, 0) is 47.8 Å². The highest BCUT2D eigenvalue weighted by Crippen LogP contribution is 2.34. The van der Waals surface area contributed by atoms with Crippen LogP contribution in [-0.4, -0.2) is 20.2 Å². The van der Waals surface area contributed by atoms with E-state index < -0.39 is 10.2 Å². The number of para-hydroxylation sites is 2. The Morgan fingerprint density at radius 3 is 1.54 bits per heavy atom. The minimum Gasteiger partial charge on any atom is -0.277 e. The van der Waals surface area contributed by atoms with E-state index >= 15 is 0 Å². The molecular formula is C16H8N2O2S4. The highest BCUT2D eigenvalue weighted by molar-refractivity contribution is 8.25. The van der Waals surface area contributed by atoms with Gasteiger partial charge in [-0.15, -0.1) is 22.7 Å². The Kier molecular flexibility index (Phi) is 4.36. The molecule has 2 aromatic heterocycles. The Balaban J connectivity index is 1.48. The van der Waals surface area contributed by atoms with Crippen LogP contribution < -0.4 is 0 Å². The molecule has 0 spiro atoms. The van der Waals surface area contributed by atoms with Gasteiger partial charge in [-0.1, -0.05) is 24.3 Å². The maximum absolute atomic E-state index is 12.1. The van der Waals surface area contributed by atoms with Crippen molar-refractivity contribution in [1.82, 2.24) is 9.97 Å². The maximum atomic E-state index is 12.1. The second-order valence-corrected chi connectivity index (χ2v) is 9.18. The smallest absolute Gasteiger partial charge is 0.273 e. The molecule has 118 valence electrons. The van der Waals surface area contributed by atoms with Gasteiger partial charge in [0.2, 0.25) is 0 Å². The zero-order valence-electron chi connectivity index (χ0n) is 12.0. The maximum Gasteiger partial charge on any atom is 0.273 e. The van der Waals surface area contributed by atoms with Gasteiger partial charge in [0.1, 0.15) is 0 Å². The van der Waals surface area contributed by atoms with Gasteiger partial charge in [-0.3, -0.25) is 9.59 Å². The number of aromatic nitrogens is 2. The van der Waals surface area contributed by atoms with Crippen LogP contribution in [0.2, 0.25) is 0 Å². The zero-order chi connectivity index (χ0) is 16.5. The summed E-state index contributed by atoms with van der Waals surface area (Å²) in [6, 6.07) is 15.3. The van der Waals surface area contributed by atoms with Gasteiger partial charge in [0.25, 0.3) is 10.2 Å². The van der Waals surface area contributed by atoms with Crippen LogP contribution in [0.3, 0.4) is 0 Å². The van der Waals surface area contributed by atoms with Gasteiger partial charge in [-0.2, -0.15) is 0 Å². The van der Waals surface area contributed by atoms with Crippen LogP contribution in [0.5, 0.6) is 0 Å². The molecule has 0 bridgehead atoms. The van der Waals surface area contributed by atoms with Gasteiger partial charge >= 0.3 is 0 Å². The van der Waals surface area contributed by atoms with Crippen molar-refractivity contribution >= 4 is 76.9 Å². The summed E-state index contributed by atoms with van der Waals surface area (Å²) in [5, 5.41) is -1.06. The Morgan fingerprint density at radius 1 is 0.708 bits per heavy atom. The normalized spacial score (nSPS) is 11.2. The van der Waals surface area contributed by atoms with E-state index in [0.29, 0.717) is 8.68 Å². The number of rotatable bonds is 2. The number of hydrogen-bond donors (Lipinski definition) is 0. The fourth-order valence-corrected chi connectivity index (χ4v) is 5.77. The van der Waals surface area contributed by atoms with Crippen LogP contribution in [0.25, 0.3) is 20.4 Å². The van der Waals surface area contributed by atoms with Crippen molar-refractivity contribution in [3.63, 3.8) is 0 Å². The van der Waals surface area contributed by atoms with E-state index in [4.69, 9.17) is 0 Å². The summed E-state index contributed by atoms with van der Waals surface area (Å²) < 4.78 is 3.16. The second-order valence-electron chi connectivity index (χ2n) is 4.67. The number of thioether (sulfide) groups is 2. The fourth-order valence-electron chi connectivity index (χ4n) is 2.03. The second kappa shape index (κ2) is 6.64. The van der Waals surface area contributed by atoms with Gasteiger partial charge in [0, 0.05) is 0 Å². The molecule has 4 aromatic rings. The summed E-state index contributed by atoms with van der Waals surface area (Å²) >= 11 is 4.58. The molecule has 2 aromatic carbocycles. The highest BCUT2D eigenvalue weighted by atomic mass is 32.2. The Labute approximate surface area is 153 Å². The predicted molar refractivity (Wildman–Crippen MR) is 101 cm³/mol. The molecule has 0 saturated carbocycles. The Hall–Kier alpha value is -1.74. The van der Waals surface area contributed by atoms with E-state index in [2.05, 4.69) is 9.97 Å². The molecule has 0 N–H and O–H groups in total. The lowest BCUT2D eigenvalue weighted by Gasteiger charge is -1.94. The molecule has 24 heavy (non-hydrogen) atoms. The first-order valence-corrected chi connectivity index (χ1v) is 10.1. The summed E-state index contributed by atoms with van der Waals surface area (Å²) in [4.78, 5) is 33.0. The van der Waals surface area contributed by atoms with Crippen molar-refractivity contribution in [1.29, 1.82) is 0 Å². The Bertz CT molecular complexity index is 918. The lowest BCUT2D eigenvalue weighted by molar-refractivity contribution is -0.126. The number of benzene rings is 2. The molecule has 0 unspecified atom stereocenters. The molecule has 0 saturated heterocycles. The van der Waals surface area contributed by atoms with E-state index in [0.717, 1.165) is 44.0 Å². The Morgan fingerprint density at radius 2 is 1.12 bits per heavy atom. The first-order valence-electron chi connectivity index (χ1n) is 6.84. The quantitative estimate of drug-likeness (QED) is 0.362. The average Bonchev–Trinajstić information content (AvgIpc) is 3.16. The van der Waals surface area contributed by atoms with E-state index in [-0.39, 0.29) is 0 Å². The summed E-state index contributed by atoms with van der Waals surface area (Å²) in [5.41, 5.74) is 1.67. The largest absolute Gasteiger partial charge is 0.277 e.